The summed E-state index contributed by atoms with van der Waals surface area (Å²) >= 11 is 0. The molecule has 0 aliphatic rings. The number of aromatic nitrogens is 1. The summed E-state index contributed by atoms with van der Waals surface area (Å²) in [6.07, 6.45) is -5.28. The SMILES string of the molecule is CC(C)(C)c1ccc(CC(F)(F)F)c(N)n1. The number of pyridine rings is 1. The molecule has 90 valence electrons. The van der Waals surface area contributed by atoms with Crippen molar-refractivity contribution < 1.29 is 13.2 Å². The predicted octanol–water partition coefficient (Wildman–Crippen LogP) is 3.07. The molecule has 1 aromatic rings. The molecule has 0 saturated carbocycles. The number of hydrogen-bond donors (Lipinski definition) is 1. The summed E-state index contributed by atoms with van der Waals surface area (Å²) in [5, 5.41) is 0. The molecular weight excluding hydrogens is 217 g/mol. The normalized spacial score (nSPS) is 12.9. The first-order valence-electron chi connectivity index (χ1n) is 4.92. The van der Waals surface area contributed by atoms with Crippen LogP contribution in [0.15, 0.2) is 12.1 Å². The lowest BCUT2D eigenvalue weighted by atomic mass is 9.91. The van der Waals surface area contributed by atoms with Crippen molar-refractivity contribution in [2.24, 2.45) is 0 Å². The van der Waals surface area contributed by atoms with E-state index in [0.717, 1.165) is 0 Å². The first kappa shape index (κ1) is 12.8. The molecule has 0 saturated heterocycles. The molecule has 0 bridgehead atoms. The van der Waals surface area contributed by atoms with Gasteiger partial charge < -0.3 is 5.73 Å². The largest absolute Gasteiger partial charge is 0.393 e. The zero-order valence-electron chi connectivity index (χ0n) is 9.52. The second-order valence-electron chi connectivity index (χ2n) is 4.78. The minimum atomic E-state index is -4.25. The number of halogens is 3. The van der Waals surface area contributed by atoms with Gasteiger partial charge in [-0.1, -0.05) is 26.8 Å². The van der Waals surface area contributed by atoms with Gasteiger partial charge in [-0.05, 0) is 6.07 Å². The van der Waals surface area contributed by atoms with Gasteiger partial charge in [0.15, 0.2) is 0 Å². The lowest BCUT2D eigenvalue weighted by molar-refractivity contribution is -0.127. The minimum absolute atomic E-state index is 0.0282. The molecule has 1 aromatic heterocycles. The summed E-state index contributed by atoms with van der Waals surface area (Å²) in [5.41, 5.74) is 6.02. The van der Waals surface area contributed by atoms with E-state index in [0.29, 0.717) is 5.69 Å². The molecule has 0 atom stereocenters. The second-order valence-corrected chi connectivity index (χ2v) is 4.78. The van der Waals surface area contributed by atoms with E-state index >= 15 is 0 Å². The summed E-state index contributed by atoms with van der Waals surface area (Å²) in [7, 11) is 0. The molecule has 0 fully saturated rings. The third-order valence-corrected chi connectivity index (χ3v) is 2.17. The van der Waals surface area contributed by atoms with Crippen molar-refractivity contribution in [3.8, 4) is 0 Å². The fraction of sp³-hybridized carbons (Fsp3) is 0.545. The van der Waals surface area contributed by atoms with Gasteiger partial charge >= 0.3 is 6.18 Å². The standard InChI is InChI=1S/C11H15F3N2/c1-10(2,3)8-5-4-7(9(15)16-8)6-11(12,13)14/h4-5H,6H2,1-3H3,(H2,15,16). The van der Waals surface area contributed by atoms with Gasteiger partial charge in [-0.15, -0.1) is 0 Å². The van der Waals surface area contributed by atoms with E-state index < -0.39 is 12.6 Å². The van der Waals surface area contributed by atoms with E-state index in [-0.39, 0.29) is 16.8 Å². The van der Waals surface area contributed by atoms with Crippen molar-refractivity contribution in [2.45, 2.75) is 38.8 Å². The molecule has 0 amide bonds. The van der Waals surface area contributed by atoms with Gasteiger partial charge in [0.25, 0.3) is 0 Å². The molecular formula is C11H15F3N2. The number of nitrogen functional groups attached to an aromatic ring is 1. The lowest BCUT2D eigenvalue weighted by Gasteiger charge is -2.19. The monoisotopic (exact) mass is 232 g/mol. The molecule has 1 rings (SSSR count). The predicted molar refractivity (Wildman–Crippen MR) is 57.1 cm³/mol. The van der Waals surface area contributed by atoms with E-state index in [2.05, 4.69) is 4.98 Å². The van der Waals surface area contributed by atoms with Crippen molar-refractivity contribution in [3.63, 3.8) is 0 Å². The van der Waals surface area contributed by atoms with Crippen molar-refractivity contribution >= 4 is 5.82 Å². The Labute approximate surface area is 92.7 Å². The maximum absolute atomic E-state index is 12.2. The fourth-order valence-corrected chi connectivity index (χ4v) is 1.29. The van der Waals surface area contributed by atoms with Gasteiger partial charge in [-0.3, -0.25) is 0 Å². The van der Waals surface area contributed by atoms with Crippen LogP contribution < -0.4 is 5.73 Å². The number of rotatable bonds is 1. The highest BCUT2D eigenvalue weighted by molar-refractivity contribution is 5.41. The molecule has 2 N–H and O–H groups in total. The third-order valence-electron chi connectivity index (χ3n) is 2.17. The van der Waals surface area contributed by atoms with Crippen LogP contribution in [0.5, 0.6) is 0 Å². The zero-order chi connectivity index (χ0) is 12.6. The molecule has 1 heterocycles. The van der Waals surface area contributed by atoms with E-state index in [4.69, 9.17) is 5.73 Å². The average Bonchev–Trinajstić information content (AvgIpc) is 2.04. The maximum Gasteiger partial charge on any atom is 0.393 e. The van der Waals surface area contributed by atoms with E-state index in [9.17, 15) is 13.2 Å². The number of nitrogens with zero attached hydrogens (tertiary/aromatic N) is 1. The molecule has 0 aromatic carbocycles. The average molecular weight is 232 g/mol. The summed E-state index contributed by atoms with van der Waals surface area (Å²) < 4.78 is 36.5. The van der Waals surface area contributed by atoms with Crippen LogP contribution >= 0.6 is 0 Å². The van der Waals surface area contributed by atoms with Gasteiger partial charge in [0.1, 0.15) is 5.82 Å². The zero-order valence-corrected chi connectivity index (χ0v) is 9.52. The Hall–Kier alpha value is -1.26. The van der Waals surface area contributed by atoms with Crippen LogP contribution in [0.1, 0.15) is 32.0 Å². The Kier molecular flexibility index (Phi) is 3.17. The first-order valence-corrected chi connectivity index (χ1v) is 4.92. The first-order chi connectivity index (χ1) is 7.09. The molecule has 0 radical (unpaired) electrons. The van der Waals surface area contributed by atoms with Crippen LogP contribution in [-0.4, -0.2) is 11.2 Å². The number of anilines is 1. The molecule has 0 unspecified atom stereocenters. The van der Waals surface area contributed by atoms with E-state index in [1.807, 2.05) is 20.8 Å². The lowest BCUT2D eigenvalue weighted by Crippen LogP contribution is -2.17. The fourth-order valence-electron chi connectivity index (χ4n) is 1.29. The number of hydrogen-bond acceptors (Lipinski definition) is 2. The van der Waals surface area contributed by atoms with Crippen LogP contribution in [0.25, 0.3) is 0 Å². The van der Waals surface area contributed by atoms with Crippen LogP contribution in [0.2, 0.25) is 0 Å². The molecule has 0 aliphatic heterocycles. The highest BCUT2D eigenvalue weighted by atomic mass is 19.4. The van der Waals surface area contributed by atoms with Crippen LogP contribution in [0, 0.1) is 0 Å². The van der Waals surface area contributed by atoms with E-state index in [1.165, 1.54) is 6.07 Å². The smallest absolute Gasteiger partial charge is 0.383 e. The minimum Gasteiger partial charge on any atom is -0.383 e. The highest BCUT2D eigenvalue weighted by Crippen LogP contribution is 2.27. The number of alkyl halides is 3. The molecule has 0 aliphatic carbocycles. The van der Waals surface area contributed by atoms with Crippen molar-refractivity contribution in [1.82, 2.24) is 4.98 Å². The third kappa shape index (κ3) is 3.40. The van der Waals surface area contributed by atoms with Crippen LogP contribution in [0.3, 0.4) is 0 Å². The van der Waals surface area contributed by atoms with Gasteiger partial charge in [0, 0.05) is 16.7 Å². The molecule has 2 nitrogen and oxygen atoms in total. The summed E-state index contributed by atoms with van der Waals surface area (Å²) in [4.78, 5) is 4.01. The van der Waals surface area contributed by atoms with Gasteiger partial charge in [0.05, 0.1) is 6.42 Å². The topological polar surface area (TPSA) is 38.9 Å². The molecule has 5 heteroatoms. The van der Waals surface area contributed by atoms with Crippen molar-refractivity contribution in [2.75, 3.05) is 5.73 Å². The van der Waals surface area contributed by atoms with Gasteiger partial charge in [-0.2, -0.15) is 13.2 Å². The Balaban J connectivity index is 3.01. The molecule has 0 spiro atoms. The Morgan fingerprint density at radius 3 is 2.12 bits per heavy atom. The van der Waals surface area contributed by atoms with Crippen molar-refractivity contribution in [3.05, 3.63) is 23.4 Å². The Morgan fingerprint density at radius 1 is 1.19 bits per heavy atom. The maximum atomic E-state index is 12.2. The Morgan fingerprint density at radius 2 is 1.75 bits per heavy atom. The van der Waals surface area contributed by atoms with Crippen LogP contribution in [-0.2, 0) is 11.8 Å². The summed E-state index contributed by atoms with van der Waals surface area (Å²) in [6, 6.07) is 2.99. The van der Waals surface area contributed by atoms with Crippen LogP contribution in [0.4, 0.5) is 19.0 Å². The molecule has 16 heavy (non-hydrogen) atoms. The summed E-state index contributed by atoms with van der Waals surface area (Å²) in [6.45, 7) is 5.79. The highest BCUT2D eigenvalue weighted by Gasteiger charge is 2.29. The number of nitrogens with two attached hydrogens (primary N) is 1. The summed E-state index contributed by atoms with van der Waals surface area (Å²) in [5.74, 6) is -0.0373. The second kappa shape index (κ2) is 3.96. The quantitative estimate of drug-likeness (QED) is 0.808. The van der Waals surface area contributed by atoms with Crippen molar-refractivity contribution in [1.29, 1.82) is 0 Å². The Bertz CT molecular complexity index is 378. The van der Waals surface area contributed by atoms with Gasteiger partial charge in [-0.25, -0.2) is 4.98 Å². The van der Waals surface area contributed by atoms with E-state index in [1.54, 1.807) is 6.07 Å². The van der Waals surface area contributed by atoms with Gasteiger partial charge in [0.2, 0.25) is 0 Å².